The molecule has 0 saturated heterocycles. The van der Waals surface area contributed by atoms with Gasteiger partial charge in [-0.15, -0.1) is 0 Å². The molecule has 0 saturated carbocycles. The van der Waals surface area contributed by atoms with E-state index in [1.54, 1.807) is 0 Å². The Morgan fingerprint density at radius 1 is 0.419 bits per heavy atom. The van der Waals surface area contributed by atoms with Crippen LogP contribution < -0.4 is 10.2 Å². The molecule has 0 aliphatic carbocycles. The minimum absolute atomic E-state index is 0. The summed E-state index contributed by atoms with van der Waals surface area (Å²) in [6.45, 7) is 4.50. The van der Waals surface area contributed by atoms with Gasteiger partial charge in [0.2, 0.25) is 0 Å². The molecule has 0 aromatic carbocycles. The van der Waals surface area contributed by atoms with E-state index in [1.165, 1.54) is 128 Å². The van der Waals surface area contributed by atoms with Gasteiger partial charge in [0.05, 0.1) is 12.2 Å². The number of aliphatic hydroxyl groups excluding tert-OH is 2. The van der Waals surface area contributed by atoms with Gasteiger partial charge in [0, 0.05) is 11.9 Å². The van der Waals surface area contributed by atoms with Gasteiger partial charge in [-0.2, -0.15) is 0 Å². The molecular weight excluding hydrogens is 568 g/mol. The molecule has 0 aliphatic heterocycles. The van der Waals surface area contributed by atoms with Crippen LogP contribution in [-0.4, -0.2) is 72.1 Å². The van der Waals surface area contributed by atoms with Gasteiger partial charge in [0.25, 0.3) is 0 Å². The molecule has 2 N–H and O–H groups in total. The van der Waals surface area contributed by atoms with Crippen molar-refractivity contribution in [2.24, 2.45) is 0 Å². The summed E-state index contributed by atoms with van der Waals surface area (Å²) in [5.74, 6) is -2.03. The predicted molar refractivity (Wildman–Crippen MR) is 178 cm³/mol. The number of unbranched alkanes of at least 4 members (excludes halogenated alkanes) is 20. The van der Waals surface area contributed by atoms with Crippen LogP contribution in [0.2, 0.25) is 0 Å². The van der Waals surface area contributed by atoms with Crippen molar-refractivity contribution >= 4 is 49.7 Å². The molecule has 7 heteroatoms. The smallest absolute Gasteiger partial charge is 0.550 e. The van der Waals surface area contributed by atoms with E-state index in [0.717, 1.165) is 25.7 Å². The number of hydrogen-bond donors (Lipinski definition) is 2. The Kier molecular flexibility index (Phi) is 44.4. The fourth-order valence-electron chi connectivity index (χ4n) is 5.34. The Labute approximate surface area is 296 Å². The first-order valence-corrected chi connectivity index (χ1v) is 18.1. The van der Waals surface area contributed by atoms with Crippen LogP contribution in [0.5, 0.6) is 0 Å². The first-order valence-electron chi connectivity index (χ1n) is 18.1. The van der Waals surface area contributed by atoms with Crippen molar-refractivity contribution in [3.05, 3.63) is 0 Å². The van der Waals surface area contributed by atoms with E-state index in [9.17, 15) is 30.0 Å². The van der Waals surface area contributed by atoms with Crippen LogP contribution in [0.25, 0.3) is 0 Å². The zero-order valence-electron chi connectivity index (χ0n) is 28.6. The molecule has 6 nitrogen and oxygen atoms in total. The molecule has 0 fully saturated rings. The summed E-state index contributed by atoms with van der Waals surface area (Å²) in [5.41, 5.74) is 0. The second kappa shape index (κ2) is 40.1. The third-order valence-electron chi connectivity index (χ3n) is 8.12. The summed E-state index contributed by atoms with van der Waals surface area (Å²) in [4.78, 5) is 20.5. The van der Waals surface area contributed by atoms with Gasteiger partial charge < -0.3 is 30.0 Å². The molecule has 0 heterocycles. The minimum Gasteiger partial charge on any atom is -0.550 e. The van der Waals surface area contributed by atoms with Gasteiger partial charge in [-0.1, -0.05) is 155 Å². The molecule has 2 unspecified atom stereocenters. The van der Waals surface area contributed by atoms with Crippen molar-refractivity contribution in [3.8, 4) is 0 Å². The van der Waals surface area contributed by atoms with Crippen LogP contribution in [0.1, 0.15) is 206 Å². The minimum atomic E-state index is -1.02. The van der Waals surface area contributed by atoms with Gasteiger partial charge in [-0.25, -0.2) is 0 Å². The van der Waals surface area contributed by atoms with E-state index >= 15 is 0 Å². The van der Waals surface area contributed by atoms with Crippen molar-refractivity contribution in [2.75, 3.05) is 0 Å². The second-order valence-corrected chi connectivity index (χ2v) is 12.5. The second-order valence-electron chi connectivity index (χ2n) is 12.5. The standard InChI is InChI=1S/2C18H36O3.Ca/c2*1-2-3-4-5-6-7-8-9-10-11-12-14-17(19)15-13-16-18(20)21;/h2*17,19H,2-16H2,1H3,(H,20,21);/q;;+2/p-2. The van der Waals surface area contributed by atoms with E-state index in [1.807, 2.05) is 0 Å². The first kappa shape index (κ1) is 47.5. The van der Waals surface area contributed by atoms with E-state index in [2.05, 4.69) is 13.8 Å². The summed E-state index contributed by atoms with van der Waals surface area (Å²) >= 11 is 0. The van der Waals surface area contributed by atoms with Crippen LogP contribution in [-0.2, 0) is 9.59 Å². The Balaban J connectivity index is -0.000000727. The van der Waals surface area contributed by atoms with E-state index in [0.29, 0.717) is 25.7 Å². The summed E-state index contributed by atoms with van der Waals surface area (Å²) in [6, 6.07) is 0. The molecule has 0 rings (SSSR count). The van der Waals surface area contributed by atoms with E-state index in [-0.39, 0.29) is 62.8 Å². The van der Waals surface area contributed by atoms with Crippen molar-refractivity contribution in [1.82, 2.24) is 0 Å². The van der Waals surface area contributed by atoms with Crippen LogP contribution in [0.15, 0.2) is 0 Å². The van der Waals surface area contributed by atoms with Gasteiger partial charge in [-0.05, 0) is 51.4 Å². The number of carboxylic acids is 2. The largest absolute Gasteiger partial charge is 2.00 e. The molecule has 0 spiro atoms. The van der Waals surface area contributed by atoms with E-state index < -0.39 is 11.9 Å². The third kappa shape index (κ3) is 46.7. The molecule has 43 heavy (non-hydrogen) atoms. The number of aliphatic carboxylic acids is 2. The van der Waals surface area contributed by atoms with Crippen molar-refractivity contribution < 1.29 is 30.0 Å². The third-order valence-corrected chi connectivity index (χ3v) is 8.12. The Bertz CT molecular complexity index is 512. The van der Waals surface area contributed by atoms with Gasteiger partial charge in [-0.3, -0.25) is 0 Å². The van der Waals surface area contributed by atoms with Gasteiger partial charge >= 0.3 is 37.7 Å². The molecule has 0 aromatic rings. The molecule has 0 aliphatic rings. The first-order chi connectivity index (χ1) is 20.3. The topological polar surface area (TPSA) is 121 Å². The predicted octanol–water partition coefficient (Wildman–Crippen LogP) is 7.56. The summed E-state index contributed by atoms with van der Waals surface area (Å²) in [5, 5.41) is 39.9. The fraction of sp³-hybridized carbons (Fsp3) is 0.944. The van der Waals surface area contributed by atoms with Crippen LogP contribution in [0.3, 0.4) is 0 Å². The fourth-order valence-corrected chi connectivity index (χ4v) is 5.34. The summed E-state index contributed by atoms with van der Waals surface area (Å²) in [7, 11) is 0. The van der Waals surface area contributed by atoms with E-state index in [4.69, 9.17) is 0 Å². The Morgan fingerprint density at radius 3 is 0.860 bits per heavy atom. The average Bonchev–Trinajstić information content (AvgIpc) is 2.94. The maximum atomic E-state index is 10.2. The monoisotopic (exact) mass is 638 g/mol. The van der Waals surface area contributed by atoms with Crippen LogP contribution in [0, 0.1) is 0 Å². The van der Waals surface area contributed by atoms with Crippen molar-refractivity contribution in [1.29, 1.82) is 0 Å². The van der Waals surface area contributed by atoms with Gasteiger partial charge in [0.15, 0.2) is 0 Å². The Hall–Kier alpha value is 0.120. The SMILES string of the molecule is CCCCCCCCCCCCCC(O)CCCC(=O)[O-].CCCCCCCCCCCCCC(O)CCCC(=O)[O-].[Ca+2]. The van der Waals surface area contributed by atoms with Crippen molar-refractivity contribution in [3.63, 3.8) is 0 Å². The quantitative estimate of drug-likeness (QED) is 0.0580. The zero-order chi connectivity index (χ0) is 31.5. The molecular formula is C36H70CaO6. The number of carboxylic acid groups (broad SMARTS) is 2. The summed E-state index contributed by atoms with van der Waals surface area (Å²) in [6.07, 6.45) is 32.2. The zero-order valence-corrected chi connectivity index (χ0v) is 30.8. The Morgan fingerprint density at radius 2 is 0.628 bits per heavy atom. The number of aliphatic hydroxyl groups is 2. The molecule has 2 atom stereocenters. The number of carbonyl (C=O) groups is 2. The molecule has 0 bridgehead atoms. The molecule has 0 amide bonds. The normalized spacial score (nSPS) is 12.2. The van der Waals surface area contributed by atoms with Crippen molar-refractivity contribution in [2.45, 2.75) is 219 Å². The molecule has 252 valence electrons. The number of rotatable bonds is 32. The molecule has 0 aromatic heterocycles. The molecule has 0 radical (unpaired) electrons. The summed E-state index contributed by atoms with van der Waals surface area (Å²) < 4.78 is 0. The maximum absolute atomic E-state index is 10.2. The van der Waals surface area contributed by atoms with Gasteiger partial charge in [0.1, 0.15) is 0 Å². The number of hydrogen-bond acceptors (Lipinski definition) is 6. The maximum Gasteiger partial charge on any atom is 2.00 e. The number of carbonyl (C=O) groups excluding carboxylic acids is 2. The van der Waals surface area contributed by atoms with Crippen LogP contribution in [0.4, 0.5) is 0 Å². The average molecular weight is 639 g/mol. The van der Waals surface area contributed by atoms with Crippen LogP contribution >= 0.6 is 0 Å².